The molecule has 100 valence electrons. The molecule has 0 unspecified atom stereocenters. The Morgan fingerprint density at radius 2 is 2.17 bits per heavy atom. The minimum Gasteiger partial charge on any atom is -0.379 e. The van der Waals surface area contributed by atoms with Crippen molar-refractivity contribution in [3.8, 4) is 0 Å². The second-order valence-electron chi connectivity index (χ2n) is 4.69. The van der Waals surface area contributed by atoms with Gasteiger partial charge in [-0.2, -0.15) is 0 Å². The smallest absolute Gasteiger partial charge is 0.251 e. The quantitative estimate of drug-likeness (QED) is 0.819. The molecule has 0 bridgehead atoms. The van der Waals surface area contributed by atoms with Crippen molar-refractivity contribution in [1.29, 1.82) is 0 Å². The fourth-order valence-corrected chi connectivity index (χ4v) is 1.77. The summed E-state index contributed by atoms with van der Waals surface area (Å²) in [6.45, 7) is 8.01. The van der Waals surface area contributed by atoms with Gasteiger partial charge in [-0.3, -0.25) is 4.79 Å². The molecule has 0 saturated heterocycles. The first-order valence-electron chi connectivity index (χ1n) is 6.12. The fraction of sp³-hybridized carbons (Fsp3) is 0.500. The van der Waals surface area contributed by atoms with Crippen LogP contribution in [0.3, 0.4) is 0 Å². The number of amides is 1. The van der Waals surface area contributed by atoms with Gasteiger partial charge < -0.3 is 10.1 Å². The lowest BCUT2D eigenvalue weighted by Crippen LogP contribution is -2.27. The number of halogens is 1. The highest BCUT2D eigenvalue weighted by Crippen LogP contribution is 2.17. The van der Waals surface area contributed by atoms with Crippen molar-refractivity contribution in [3.63, 3.8) is 0 Å². The molecule has 0 radical (unpaired) electrons. The number of aryl methyl sites for hydroxylation is 1. The van der Waals surface area contributed by atoms with Gasteiger partial charge in [-0.15, -0.1) is 0 Å². The summed E-state index contributed by atoms with van der Waals surface area (Å²) in [5.74, 6) is 0.456. The van der Waals surface area contributed by atoms with Gasteiger partial charge in [0.05, 0.1) is 6.61 Å². The summed E-state index contributed by atoms with van der Waals surface area (Å²) in [4.78, 5) is 11.8. The van der Waals surface area contributed by atoms with Crippen LogP contribution in [0, 0.1) is 12.8 Å². The molecule has 0 aromatic heterocycles. The number of benzene rings is 1. The second-order valence-corrected chi connectivity index (χ2v) is 5.54. The summed E-state index contributed by atoms with van der Waals surface area (Å²) < 4.78 is 6.35. The van der Waals surface area contributed by atoms with Gasteiger partial charge in [0.15, 0.2) is 0 Å². The van der Waals surface area contributed by atoms with Gasteiger partial charge in [-0.1, -0.05) is 35.8 Å². The molecule has 18 heavy (non-hydrogen) atoms. The van der Waals surface area contributed by atoms with E-state index in [4.69, 9.17) is 4.74 Å². The number of hydrogen-bond acceptors (Lipinski definition) is 2. The molecule has 1 amide bonds. The molecule has 1 rings (SSSR count). The number of carbonyl (C=O) groups is 1. The minimum absolute atomic E-state index is 0.0659. The van der Waals surface area contributed by atoms with Crippen molar-refractivity contribution in [3.05, 3.63) is 33.8 Å². The van der Waals surface area contributed by atoms with Gasteiger partial charge in [0.2, 0.25) is 0 Å². The van der Waals surface area contributed by atoms with Crippen LogP contribution >= 0.6 is 15.9 Å². The molecule has 1 aromatic rings. The average molecular weight is 314 g/mol. The highest BCUT2D eigenvalue weighted by molar-refractivity contribution is 9.10. The lowest BCUT2D eigenvalue weighted by Gasteiger charge is -2.08. The summed E-state index contributed by atoms with van der Waals surface area (Å²) >= 11 is 3.42. The normalized spacial score (nSPS) is 10.7. The third-order valence-electron chi connectivity index (χ3n) is 2.42. The Labute approximate surface area is 117 Å². The lowest BCUT2D eigenvalue weighted by molar-refractivity contribution is 0.0886. The Morgan fingerprint density at radius 3 is 2.78 bits per heavy atom. The molecule has 0 saturated carbocycles. The minimum atomic E-state index is -0.0659. The predicted octanol–water partition coefficient (Wildman–Crippen LogP) is 3.16. The van der Waals surface area contributed by atoms with Crippen LogP contribution in [0.15, 0.2) is 22.7 Å². The molecule has 3 nitrogen and oxygen atoms in total. The zero-order chi connectivity index (χ0) is 13.5. The molecule has 0 aliphatic rings. The zero-order valence-electron chi connectivity index (χ0n) is 11.1. The van der Waals surface area contributed by atoms with E-state index in [1.165, 1.54) is 0 Å². The Morgan fingerprint density at radius 1 is 1.44 bits per heavy atom. The van der Waals surface area contributed by atoms with Gasteiger partial charge in [0.25, 0.3) is 5.91 Å². The molecule has 0 fully saturated rings. The predicted molar refractivity (Wildman–Crippen MR) is 76.9 cm³/mol. The molecular formula is C14H20BrNO2. The molecule has 0 aliphatic heterocycles. The van der Waals surface area contributed by atoms with Crippen LogP contribution in [0.2, 0.25) is 0 Å². The number of ether oxygens (including phenoxy) is 1. The maximum atomic E-state index is 11.8. The van der Waals surface area contributed by atoms with E-state index in [0.717, 1.165) is 16.6 Å². The van der Waals surface area contributed by atoms with E-state index in [0.29, 0.717) is 24.6 Å². The van der Waals surface area contributed by atoms with Gasteiger partial charge >= 0.3 is 0 Å². The maximum Gasteiger partial charge on any atom is 0.251 e. The highest BCUT2D eigenvalue weighted by Gasteiger charge is 2.06. The van der Waals surface area contributed by atoms with Crippen molar-refractivity contribution in [1.82, 2.24) is 5.32 Å². The van der Waals surface area contributed by atoms with E-state index in [1.54, 1.807) is 0 Å². The first-order chi connectivity index (χ1) is 8.50. The first-order valence-corrected chi connectivity index (χ1v) is 6.92. The molecule has 0 atom stereocenters. The van der Waals surface area contributed by atoms with Crippen LogP contribution in [0.4, 0.5) is 0 Å². The zero-order valence-corrected chi connectivity index (χ0v) is 12.7. The standard InChI is InChI=1S/C14H20BrNO2/c1-10(2)9-18-7-6-16-14(17)12-5-4-11(3)13(15)8-12/h4-5,8,10H,6-7,9H2,1-3H3,(H,16,17). The summed E-state index contributed by atoms with van der Waals surface area (Å²) in [7, 11) is 0. The first kappa shape index (κ1) is 15.2. The van der Waals surface area contributed by atoms with Gasteiger partial charge in [-0.25, -0.2) is 0 Å². The molecule has 4 heteroatoms. The SMILES string of the molecule is Cc1ccc(C(=O)NCCOCC(C)C)cc1Br. The highest BCUT2D eigenvalue weighted by atomic mass is 79.9. The Balaban J connectivity index is 2.34. The van der Waals surface area contributed by atoms with E-state index in [2.05, 4.69) is 35.1 Å². The van der Waals surface area contributed by atoms with E-state index >= 15 is 0 Å². The van der Waals surface area contributed by atoms with E-state index in [9.17, 15) is 4.79 Å². The number of rotatable bonds is 6. The molecule has 0 aliphatic carbocycles. The Hall–Kier alpha value is -0.870. The van der Waals surface area contributed by atoms with Crippen molar-refractivity contribution < 1.29 is 9.53 Å². The topological polar surface area (TPSA) is 38.3 Å². The van der Waals surface area contributed by atoms with Crippen LogP contribution < -0.4 is 5.32 Å². The number of nitrogens with one attached hydrogen (secondary N) is 1. The van der Waals surface area contributed by atoms with Crippen LogP contribution in [0.25, 0.3) is 0 Å². The van der Waals surface area contributed by atoms with Gasteiger partial charge in [0.1, 0.15) is 0 Å². The Kier molecular flexibility index (Phi) is 6.36. The summed E-state index contributed by atoms with van der Waals surface area (Å²) in [5.41, 5.74) is 1.78. The van der Waals surface area contributed by atoms with Crippen LogP contribution in [-0.4, -0.2) is 25.7 Å². The van der Waals surface area contributed by atoms with Crippen LogP contribution in [-0.2, 0) is 4.74 Å². The monoisotopic (exact) mass is 313 g/mol. The summed E-state index contributed by atoms with van der Waals surface area (Å²) in [6.07, 6.45) is 0. The average Bonchev–Trinajstić information content (AvgIpc) is 2.31. The van der Waals surface area contributed by atoms with E-state index < -0.39 is 0 Å². The maximum absolute atomic E-state index is 11.8. The number of hydrogen-bond donors (Lipinski definition) is 1. The van der Waals surface area contributed by atoms with Gasteiger partial charge in [0, 0.05) is 23.2 Å². The second kappa shape index (κ2) is 7.54. The summed E-state index contributed by atoms with van der Waals surface area (Å²) in [6, 6.07) is 5.58. The van der Waals surface area contributed by atoms with Crippen LogP contribution in [0.5, 0.6) is 0 Å². The largest absolute Gasteiger partial charge is 0.379 e. The Bertz CT molecular complexity index is 405. The van der Waals surface area contributed by atoms with Crippen molar-refractivity contribution in [2.45, 2.75) is 20.8 Å². The van der Waals surface area contributed by atoms with Crippen molar-refractivity contribution in [2.75, 3.05) is 19.8 Å². The number of carbonyl (C=O) groups excluding carboxylic acids is 1. The molecule has 0 heterocycles. The lowest BCUT2D eigenvalue weighted by atomic mass is 10.1. The van der Waals surface area contributed by atoms with E-state index in [1.807, 2.05) is 25.1 Å². The molecular weight excluding hydrogens is 294 g/mol. The fourth-order valence-electron chi connectivity index (χ4n) is 1.39. The molecule has 1 aromatic carbocycles. The van der Waals surface area contributed by atoms with Gasteiger partial charge in [-0.05, 0) is 30.5 Å². The third kappa shape index (κ3) is 5.19. The molecule has 1 N–H and O–H groups in total. The van der Waals surface area contributed by atoms with Crippen LogP contribution in [0.1, 0.15) is 29.8 Å². The van der Waals surface area contributed by atoms with Crippen molar-refractivity contribution in [2.24, 2.45) is 5.92 Å². The summed E-state index contributed by atoms with van der Waals surface area (Å²) in [5, 5.41) is 2.83. The van der Waals surface area contributed by atoms with Crippen molar-refractivity contribution >= 4 is 21.8 Å². The third-order valence-corrected chi connectivity index (χ3v) is 3.27. The van der Waals surface area contributed by atoms with E-state index in [-0.39, 0.29) is 5.91 Å². The molecule has 0 spiro atoms.